The number of carbonyl (C=O) groups excluding carboxylic acids is 1. The van der Waals surface area contributed by atoms with Crippen molar-refractivity contribution in [1.29, 1.82) is 0 Å². The average molecular weight is 345 g/mol. The molecule has 0 saturated heterocycles. The molecule has 0 bridgehead atoms. The first-order chi connectivity index (χ1) is 12.2. The van der Waals surface area contributed by atoms with Crippen LogP contribution in [0.15, 0.2) is 66.2 Å². The Morgan fingerprint density at radius 1 is 1.08 bits per heavy atom. The van der Waals surface area contributed by atoms with Crippen LogP contribution in [-0.2, 0) is 0 Å². The fourth-order valence-corrected chi connectivity index (χ4v) is 3.21. The van der Waals surface area contributed by atoms with E-state index in [9.17, 15) is 4.79 Å². The highest BCUT2D eigenvalue weighted by Crippen LogP contribution is 2.26. The summed E-state index contributed by atoms with van der Waals surface area (Å²) in [5.74, 6) is -0.179. The zero-order valence-corrected chi connectivity index (χ0v) is 14.4. The highest BCUT2D eigenvalue weighted by atomic mass is 32.1. The van der Waals surface area contributed by atoms with E-state index in [0.717, 1.165) is 22.2 Å². The number of rotatable bonds is 3. The van der Waals surface area contributed by atoms with Crippen molar-refractivity contribution in [3.05, 3.63) is 77.3 Å². The Morgan fingerprint density at radius 3 is 2.64 bits per heavy atom. The molecular weight excluding hydrogens is 330 g/mol. The lowest BCUT2D eigenvalue weighted by atomic mass is 10.0. The number of fused-ring (bicyclic) bond motifs is 1. The van der Waals surface area contributed by atoms with Crippen molar-refractivity contribution in [2.45, 2.75) is 6.92 Å². The van der Waals surface area contributed by atoms with Gasteiger partial charge >= 0.3 is 0 Å². The van der Waals surface area contributed by atoms with Gasteiger partial charge in [-0.15, -0.1) is 11.3 Å². The minimum Gasteiger partial charge on any atom is -0.298 e. The number of aromatic nitrogens is 2. The summed E-state index contributed by atoms with van der Waals surface area (Å²) in [5.41, 5.74) is 4.34. The average Bonchev–Trinajstić information content (AvgIpc) is 3.14. The lowest BCUT2D eigenvalue weighted by Crippen LogP contribution is -2.12. The number of thiazole rings is 1. The van der Waals surface area contributed by atoms with Crippen molar-refractivity contribution in [3.8, 4) is 11.3 Å². The maximum atomic E-state index is 12.8. The van der Waals surface area contributed by atoms with Gasteiger partial charge in [-0.25, -0.2) is 9.97 Å². The third-order valence-corrected chi connectivity index (χ3v) is 4.65. The normalized spacial score (nSPS) is 10.8. The summed E-state index contributed by atoms with van der Waals surface area (Å²) < 4.78 is 0. The predicted molar refractivity (Wildman–Crippen MR) is 102 cm³/mol. The highest BCUT2D eigenvalue weighted by Gasteiger charge is 2.14. The SMILES string of the molecule is Cc1ccc(-c2cc(C(=O)Nc3nccs3)c3ccccc3n2)cc1. The molecule has 1 N–H and O–H groups in total. The van der Waals surface area contributed by atoms with Crippen LogP contribution in [0.25, 0.3) is 22.2 Å². The Hall–Kier alpha value is -3.05. The summed E-state index contributed by atoms with van der Waals surface area (Å²) in [5, 5.41) is 6.10. The first-order valence-corrected chi connectivity index (χ1v) is 8.76. The number of hydrogen-bond donors (Lipinski definition) is 1. The van der Waals surface area contributed by atoms with Crippen LogP contribution < -0.4 is 5.32 Å². The van der Waals surface area contributed by atoms with Gasteiger partial charge in [0.1, 0.15) is 0 Å². The maximum absolute atomic E-state index is 12.8. The molecule has 0 radical (unpaired) electrons. The standard InChI is InChI=1S/C20H15N3OS/c1-13-6-8-14(9-7-13)18-12-16(15-4-2-3-5-17(15)22-18)19(24)23-20-21-10-11-25-20/h2-12H,1H3,(H,21,23,24). The van der Waals surface area contributed by atoms with Crippen molar-refractivity contribution < 1.29 is 4.79 Å². The molecule has 0 spiro atoms. The second-order valence-electron chi connectivity index (χ2n) is 5.73. The number of aryl methyl sites for hydroxylation is 1. The van der Waals surface area contributed by atoms with E-state index in [-0.39, 0.29) is 5.91 Å². The van der Waals surface area contributed by atoms with Gasteiger partial charge in [-0.05, 0) is 19.1 Å². The van der Waals surface area contributed by atoms with Gasteiger partial charge in [0.25, 0.3) is 5.91 Å². The zero-order valence-electron chi connectivity index (χ0n) is 13.6. The molecular formula is C20H15N3OS. The van der Waals surface area contributed by atoms with Crippen molar-refractivity contribution in [2.24, 2.45) is 0 Å². The lowest BCUT2D eigenvalue weighted by Gasteiger charge is -2.10. The van der Waals surface area contributed by atoms with E-state index in [2.05, 4.69) is 10.3 Å². The Kier molecular flexibility index (Phi) is 3.99. The molecule has 5 heteroatoms. The fourth-order valence-electron chi connectivity index (χ4n) is 2.69. The molecule has 0 aliphatic carbocycles. The molecule has 0 fully saturated rings. The number of nitrogens with one attached hydrogen (secondary N) is 1. The number of nitrogens with zero attached hydrogens (tertiary/aromatic N) is 2. The van der Waals surface area contributed by atoms with E-state index in [1.807, 2.05) is 66.9 Å². The van der Waals surface area contributed by atoms with Crippen LogP contribution >= 0.6 is 11.3 Å². The Labute approximate surface area is 149 Å². The summed E-state index contributed by atoms with van der Waals surface area (Å²) in [7, 11) is 0. The van der Waals surface area contributed by atoms with Crippen LogP contribution in [0.5, 0.6) is 0 Å². The van der Waals surface area contributed by atoms with Gasteiger partial charge in [0.15, 0.2) is 5.13 Å². The first-order valence-electron chi connectivity index (χ1n) is 7.88. The topological polar surface area (TPSA) is 54.9 Å². The predicted octanol–water partition coefficient (Wildman–Crippen LogP) is 4.92. The Balaban J connectivity index is 1.84. The van der Waals surface area contributed by atoms with E-state index in [1.165, 1.54) is 16.9 Å². The molecule has 0 aliphatic heterocycles. The first kappa shape index (κ1) is 15.5. The molecule has 4 rings (SSSR count). The molecule has 0 saturated carbocycles. The van der Waals surface area contributed by atoms with Gasteiger partial charge in [-0.3, -0.25) is 10.1 Å². The quantitative estimate of drug-likeness (QED) is 0.573. The minimum absolute atomic E-state index is 0.179. The third-order valence-electron chi connectivity index (χ3n) is 3.96. The molecule has 2 aromatic heterocycles. The number of carbonyl (C=O) groups is 1. The molecule has 0 aliphatic rings. The molecule has 0 unspecified atom stereocenters. The summed E-state index contributed by atoms with van der Waals surface area (Å²) in [6.45, 7) is 2.05. The molecule has 122 valence electrons. The van der Waals surface area contributed by atoms with Crippen LogP contribution in [0.4, 0.5) is 5.13 Å². The molecule has 4 nitrogen and oxygen atoms in total. The minimum atomic E-state index is -0.179. The molecule has 0 atom stereocenters. The second kappa shape index (κ2) is 6.45. The van der Waals surface area contributed by atoms with Gasteiger partial charge in [-0.1, -0.05) is 48.0 Å². The van der Waals surface area contributed by atoms with Gasteiger partial charge in [0.05, 0.1) is 16.8 Å². The van der Waals surface area contributed by atoms with E-state index < -0.39 is 0 Å². The van der Waals surface area contributed by atoms with Crippen LogP contribution in [0, 0.1) is 6.92 Å². The van der Waals surface area contributed by atoms with Gasteiger partial charge in [-0.2, -0.15) is 0 Å². The van der Waals surface area contributed by atoms with Crippen LogP contribution in [0.3, 0.4) is 0 Å². The largest absolute Gasteiger partial charge is 0.298 e. The number of anilines is 1. The molecule has 2 heterocycles. The number of pyridine rings is 1. The summed E-state index contributed by atoms with van der Waals surface area (Å²) >= 11 is 1.39. The molecule has 25 heavy (non-hydrogen) atoms. The summed E-state index contributed by atoms with van der Waals surface area (Å²) in [6, 6.07) is 17.7. The second-order valence-corrected chi connectivity index (χ2v) is 6.62. The number of amides is 1. The maximum Gasteiger partial charge on any atom is 0.258 e. The molecule has 2 aromatic carbocycles. The van der Waals surface area contributed by atoms with Crippen molar-refractivity contribution in [2.75, 3.05) is 5.32 Å². The molecule has 4 aromatic rings. The number of hydrogen-bond acceptors (Lipinski definition) is 4. The van der Waals surface area contributed by atoms with Gasteiger partial charge < -0.3 is 0 Å². The fraction of sp³-hybridized carbons (Fsp3) is 0.0500. The number of para-hydroxylation sites is 1. The Morgan fingerprint density at radius 2 is 1.88 bits per heavy atom. The van der Waals surface area contributed by atoms with Crippen molar-refractivity contribution >= 4 is 33.3 Å². The highest BCUT2D eigenvalue weighted by molar-refractivity contribution is 7.13. The van der Waals surface area contributed by atoms with Crippen LogP contribution in [0.1, 0.15) is 15.9 Å². The zero-order chi connectivity index (χ0) is 17.2. The Bertz CT molecular complexity index is 1040. The lowest BCUT2D eigenvalue weighted by molar-refractivity contribution is 0.102. The van der Waals surface area contributed by atoms with Crippen molar-refractivity contribution in [3.63, 3.8) is 0 Å². The van der Waals surface area contributed by atoms with E-state index in [1.54, 1.807) is 6.20 Å². The number of benzene rings is 2. The van der Waals surface area contributed by atoms with Gasteiger partial charge in [0.2, 0.25) is 0 Å². The van der Waals surface area contributed by atoms with Gasteiger partial charge in [0, 0.05) is 22.5 Å². The van der Waals surface area contributed by atoms with E-state index in [4.69, 9.17) is 4.98 Å². The third kappa shape index (κ3) is 3.14. The van der Waals surface area contributed by atoms with Crippen LogP contribution in [0.2, 0.25) is 0 Å². The summed E-state index contributed by atoms with van der Waals surface area (Å²) in [6.07, 6.45) is 1.67. The summed E-state index contributed by atoms with van der Waals surface area (Å²) in [4.78, 5) is 21.6. The monoisotopic (exact) mass is 345 g/mol. The molecule has 1 amide bonds. The van der Waals surface area contributed by atoms with E-state index in [0.29, 0.717) is 10.7 Å². The van der Waals surface area contributed by atoms with Crippen LogP contribution in [-0.4, -0.2) is 15.9 Å². The van der Waals surface area contributed by atoms with Crippen molar-refractivity contribution in [1.82, 2.24) is 9.97 Å². The van der Waals surface area contributed by atoms with E-state index >= 15 is 0 Å². The smallest absolute Gasteiger partial charge is 0.258 e.